The minimum Gasteiger partial charge on any atom is -0.477 e. The molecule has 29 heavy (non-hydrogen) atoms. The van der Waals surface area contributed by atoms with Gasteiger partial charge in [-0.2, -0.15) is 0 Å². The maximum Gasteiger partial charge on any atom is 0.346 e. The molecule has 0 aliphatic heterocycles. The predicted octanol–water partition coefficient (Wildman–Crippen LogP) is 3.10. The Hall–Kier alpha value is -2.66. The quantitative estimate of drug-likeness (QED) is 0.584. The summed E-state index contributed by atoms with van der Waals surface area (Å²) in [7, 11) is 0. The van der Waals surface area contributed by atoms with Gasteiger partial charge < -0.3 is 5.11 Å². The van der Waals surface area contributed by atoms with E-state index in [-0.39, 0.29) is 10.3 Å². The third-order valence-corrected chi connectivity index (χ3v) is 6.42. The van der Waals surface area contributed by atoms with Gasteiger partial charge in [0.25, 0.3) is 5.56 Å². The van der Waals surface area contributed by atoms with Crippen LogP contribution in [-0.4, -0.2) is 36.7 Å². The lowest BCUT2D eigenvalue weighted by Gasteiger charge is -2.16. The maximum atomic E-state index is 13.0. The SMILES string of the molecule is CCC(C(=O)Nc1nnc(CC(C)C)s1)n1cnc2sc(C(=O)O)c(C)c2c1=O. The molecule has 0 radical (unpaired) electrons. The Labute approximate surface area is 174 Å². The van der Waals surface area contributed by atoms with E-state index in [1.807, 2.05) is 0 Å². The van der Waals surface area contributed by atoms with E-state index in [0.717, 1.165) is 22.8 Å². The lowest BCUT2D eigenvalue weighted by molar-refractivity contribution is -0.119. The number of aromatic nitrogens is 4. The van der Waals surface area contributed by atoms with Gasteiger partial charge in [0.15, 0.2) is 0 Å². The van der Waals surface area contributed by atoms with Crippen LogP contribution in [0.15, 0.2) is 11.1 Å². The van der Waals surface area contributed by atoms with Crippen LogP contribution >= 0.6 is 22.7 Å². The first kappa shape index (κ1) is 21.1. The summed E-state index contributed by atoms with van der Waals surface area (Å²) in [4.78, 5) is 41.8. The number of rotatable bonds is 7. The van der Waals surface area contributed by atoms with E-state index in [0.29, 0.717) is 27.9 Å². The number of aryl methyl sites for hydroxylation is 1. The van der Waals surface area contributed by atoms with E-state index in [9.17, 15) is 19.5 Å². The zero-order chi connectivity index (χ0) is 21.3. The molecule has 0 bridgehead atoms. The number of nitrogens with one attached hydrogen (secondary N) is 1. The first-order valence-corrected chi connectivity index (χ1v) is 10.7. The van der Waals surface area contributed by atoms with Crippen molar-refractivity contribution in [3.63, 3.8) is 0 Å². The van der Waals surface area contributed by atoms with Crippen LogP contribution in [-0.2, 0) is 11.2 Å². The Kier molecular flexibility index (Phi) is 6.08. The highest BCUT2D eigenvalue weighted by Crippen LogP contribution is 2.27. The van der Waals surface area contributed by atoms with Crippen LogP contribution in [0.4, 0.5) is 5.13 Å². The molecule has 3 aromatic rings. The van der Waals surface area contributed by atoms with E-state index in [4.69, 9.17) is 0 Å². The number of hydrogen-bond acceptors (Lipinski definition) is 8. The van der Waals surface area contributed by atoms with Crippen LogP contribution < -0.4 is 10.9 Å². The molecule has 2 N–H and O–H groups in total. The van der Waals surface area contributed by atoms with Gasteiger partial charge >= 0.3 is 5.97 Å². The minimum absolute atomic E-state index is 0.0754. The maximum absolute atomic E-state index is 13.0. The van der Waals surface area contributed by atoms with Crippen molar-refractivity contribution in [2.24, 2.45) is 5.92 Å². The molecule has 0 saturated carbocycles. The van der Waals surface area contributed by atoms with Crippen LogP contribution in [0, 0.1) is 12.8 Å². The number of anilines is 1. The number of carbonyl (C=O) groups excluding carboxylic acids is 1. The number of fused-ring (bicyclic) bond motifs is 1. The summed E-state index contributed by atoms with van der Waals surface area (Å²) in [5.74, 6) is -1.07. The number of hydrogen-bond donors (Lipinski definition) is 2. The van der Waals surface area contributed by atoms with E-state index >= 15 is 0 Å². The average molecular weight is 436 g/mol. The smallest absolute Gasteiger partial charge is 0.346 e. The van der Waals surface area contributed by atoms with Gasteiger partial charge in [-0.3, -0.25) is 19.5 Å². The molecule has 0 aliphatic rings. The van der Waals surface area contributed by atoms with E-state index in [1.54, 1.807) is 13.8 Å². The number of amides is 1. The first-order valence-electron chi connectivity index (χ1n) is 9.09. The molecule has 154 valence electrons. The minimum atomic E-state index is -1.10. The molecule has 1 amide bonds. The van der Waals surface area contributed by atoms with Crippen LogP contribution in [0.5, 0.6) is 0 Å². The molecule has 1 unspecified atom stereocenters. The topological polar surface area (TPSA) is 127 Å². The molecular weight excluding hydrogens is 414 g/mol. The molecule has 3 aromatic heterocycles. The van der Waals surface area contributed by atoms with Crippen LogP contribution in [0.25, 0.3) is 10.2 Å². The van der Waals surface area contributed by atoms with Crippen molar-refractivity contribution >= 4 is 49.9 Å². The fraction of sp³-hybridized carbons (Fsp3) is 0.444. The molecule has 3 heterocycles. The highest BCUT2D eigenvalue weighted by molar-refractivity contribution is 7.20. The van der Waals surface area contributed by atoms with Gasteiger partial charge in [-0.15, -0.1) is 21.5 Å². The number of aromatic carboxylic acids is 1. The van der Waals surface area contributed by atoms with Crippen LogP contribution in [0.2, 0.25) is 0 Å². The van der Waals surface area contributed by atoms with Gasteiger partial charge in [0.05, 0.1) is 11.7 Å². The average Bonchev–Trinajstić information content (AvgIpc) is 3.21. The molecule has 3 rings (SSSR count). The number of nitrogens with zero attached hydrogens (tertiary/aromatic N) is 4. The third kappa shape index (κ3) is 4.20. The van der Waals surface area contributed by atoms with E-state index < -0.39 is 23.5 Å². The van der Waals surface area contributed by atoms with Crippen molar-refractivity contribution < 1.29 is 14.7 Å². The van der Waals surface area contributed by atoms with Crippen molar-refractivity contribution in [1.82, 2.24) is 19.7 Å². The predicted molar refractivity (Wildman–Crippen MR) is 112 cm³/mol. The number of carboxylic acids is 1. The second-order valence-corrected chi connectivity index (χ2v) is 9.07. The molecular formula is C18H21N5O4S2. The summed E-state index contributed by atoms with van der Waals surface area (Å²) < 4.78 is 1.25. The largest absolute Gasteiger partial charge is 0.477 e. The number of carbonyl (C=O) groups is 2. The van der Waals surface area contributed by atoms with Gasteiger partial charge in [-0.25, -0.2) is 9.78 Å². The van der Waals surface area contributed by atoms with Crippen molar-refractivity contribution in [2.75, 3.05) is 5.32 Å². The zero-order valence-electron chi connectivity index (χ0n) is 16.4. The second-order valence-electron chi connectivity index (χ2n) is 7.01. The monoisotopic (exact) mass is 435 g/mol. The fourth-order valence-electron chi connectivity index (χ4n) is 3.00. The summed E-state index contributed by atoms with van der Waals surface area (Å²) in [6.07, 6.45) is 2.42. The van der Waals surface area contributed by atoms with Crippen molar-refractivity contribution in [2.45, 2.75) is 46.6 Å². The van der Waals surface area contributed by atoms with Gasteiger partial charge in [-0.05, 0) is 24.8 Å². The van der Waals surface area contributed by atoms with Gasteiger partial charge in [0.1, 0.15) is 20.8 Å². The summed E-state index contributed by atoms with van der Waals surface area (Å²) in [6, 6.07) is -0.801. The molecule has 1 atom stereocenters. The van der Waals surface area contributed by atoms with Crippen LogP contribution in [0.1, 0.15) is 53.5 Å². The number of thiophene rings is 1. The molecule has 11 heteroatoms. The van der Waals surface area contributed by atoms with Crippen molar-refractivity contribution in [3.05, 3.63) is 32.1 Å². The third-order valence-electron chi connectivity index (χ3n) is 4.38. The summed E-state index contributed by atoms with van der Waals surface area (Å²) in [5.41, 5.74) is -0.0712. The molecule has 0 fully saturated rings. The highest BCUT2D eigenvalue weighted by atomic mass is 32.1. The summed E-state index contributed by atoms with van der Waals surface area (Å²) >= 11 is 2.26. The second kappa shape index (κ2) is 8.37. The molecule has 0 aliphatic carbocycles. The van der Waals surface area contributed by atoms with E-state index in [2.05, 4.69) is 34.3 Å². The molecule has 0 saturated heterocycles. The normalized spacial score (nSPS) is 12.4. The standard InChI is InChI=1S/C18H21N5O4S2/c1-5-10(14(24)20-18-22-21-11(28-18)6-8(2)3)23-7-19-15-12(16(23)25)9(4)13(29-15)17(26)27/h7-8,10H,5-6H2,1-4H3,(H,26,27)(H,20,22,24). The summed E-state index contributed by atoms with van der Waals surface area (Å²) in [5, 5.41) is 21.5. The van der Waals surface area contributed by atoms with Gasteiger partial charge in [0, 0.05) is 6.42 Å². The molecule has 0 aromatic carbocycles. The van der Waals surface area contributed by atoms with Crippen molar-refractivity contribution in [3.8, 4) is 0 Å². The Morgan fingerprint density at radius 2 is 2.00 bits per heavy atom. The van der Waals surface area contributed by atoms with Crippen molar-refractivity contribution in [1.29, 1.82) is 0 Å². The Bertz CT molecular complexity index is 1130. The van der Waals surface area contributed by atoms with E-state index in [1.165, 1.54) is 22.2 Å². The summed E-state index contributed by atoms with van der Waals surface area (Å²) in [6.45, 7) is 7.51. The Balaban J connectivity index is 1.92. The molecule has 0 spiro atoms. The highest BCUT2D eigenvalue weighted by Gasteiger charge is 2.25. The lowest BCUT2D eigenvalue weighted by Crippen LogP contribution is -2.33. The fourth-order valence-corrected chi connectivity index (χ4v) is 4.93. The van der Waals surface area contributed by atoms with Gasteiger partial charge in [-0.1, -0.05) is 32.1 Å². The lowest BCUT2D eigenvalue weighted by atomic mass is 10.1. The number of carboxylic acid groups (broad SMARTS) is 1. The first-order chi connectivity index (χ1) is 13.7. The van der Waals surface area contributed by atoms with Gasteiger partial charge in [0.2, 0.25) is 11.0 Å². The van der Waals surface area contributed by atoms with Crippen LogP contribution in [0.3, 0.4) is 0 Å². The Morgan fingerprint density at radius 1 is 1.28 bits per heavy atom. The Morgan fingerprint density at radius 3 is 2.62 bits per heavy atom. The molecule has 9 nitrogen and oxygen atoms in total. The zero-order valence-corrected chi connectivity index (χ0v) is 18.1.